The molecule has 1 amide bonds. The minimum Gasteiger partial charge on any atom is -0.489 e. The van der Waals surface area contributed by atoms with Gasteiger partial charge in [-0.1, -0.05) is 6.92 Å². The SMILES string of the molecule is CCCC(=O)Nc1cc(C=O)ccc1OC(C)C. The van der Waals surface area contributed by atoms with Gasteiger partial charge >= 0.3 is 0 Å². The highest BCUT2D eigenvalue weighted by molar-refractivity contribution is 5.93. The van der Waals surface area contributed by atoms with Gasteiger partial charge in [0.15, 0.2) is 0 Å². The number of benzene rings is 1. The molecule has 0 aliphatic carbocycles. The number of rotatable bonds is 6. The number of anilines is 1. The van der Waals surface area contributed by atoms with Gasteiger partial charge in [0.2, 0.25) is 5.91 Å². The van der Waals surface area contributed by atoms with Crippen LogP contribution in [0.25, 0.3) is 0 Å². The van der Waals surface area contributed by atoms with Gasteiger partial charge in [-0.3, -0.25) is 9.59 Å². The van der Waals surface area contributed by atoms with Crippen molar-refractivity contribution in [1.82, 2.24) is 0 Å². The van der Waals surface area contributed by atoms with E-state index in [1.807, 2.05) is 20.8 Å². The largest absolute Gasteiger partial charge is 0.489 e. The zero-order valence-corrected chi connectivity index (χ0v) is 11.0. The molecule has 0 heterocycles. The summed E-state index contributed by atoms with van der Waals surface area (Å²) in [6.07, 6.45) is 1.98. The maximum atomic E-state index is 11.6. The molecule has 0 bridgehead atoms. The standard InChI is InChI=1S/C14H19NO3/c1-4-5-14(17)15-12-8-11(9-16)6-7-13(12)18-10(2)3/h6-10H,4-5H2,1-3H3,(H,15,17). The first kappa shape index (κ1) is 14.2. The van der Waals surface area contributed by atoms with Crippen molar-refractivity contribution in [2.75, 3.05) is 5.32 Å². The summed E-state index contributed by atoms with van der Waals surface area (Å²) in [5.41, 5.74) is 1.06. The van der Waals surface area contributed by atoms with Gasteiger partial charge in [0.05, 0.1) is 11.8 Å². The molecule has 18 heavy (non-hydrogen) atoms. The van der Waals surface area contributed by atoms with E-state index in [0.29, 0.717) is 23.4 Å². The number of aldehydes is 1. The average molecular weight is 249 g/mol. The summed E-state index contributed by atoms with van der Waals surface area (Å²) < 4.78 is 5.59. The molecule has 4 heteroatoms. The lowest BCUT2D eigenvalue weighted by Crippen LogP contribution is -2.14. The molecule has 1 aromatic rings. The maximum absolute atomic E-state index is 11.6. The first-order valence-corrected chi connectivity index (χ1v) is 6.12. The summed E-state index contributed by atoms with van der Waals surface area (Å²) in [4.78, 5) is 22.3. The monoisotopic (exact) mass is 249 g/mol. The van der Waals surface area contributed by atoms with E-state index in [1.54, 1.807) is 18.2 Å². The lowest BCUT2D eigenvalue weighted by atomic mass is 10.2. The predicted molar refractivity (Wildman–Crippen MR) is 71.1 cm³/mol. The van der Waals surface area contributed by atoms with Crippen molar-refractivity contribution in [3.63, 3.8) is 0 Å². The molecular weight excluding hydrogens is 230 g/mol. The smallest absolute Gasteiger partial charge is 0.224 e. The number of hydrogen-bond acceptors (Lipinski definition) is 3. The van der Waals surface area contributed by atoms with Crippen LogP contribution >= 0.6 is 0 Å². The van der Waals surface area contributed by atoms with Crippen molar-refractivity contribution >= 4 is 17.9 Å². The average Bonchev–Trinajstić information content (AvgIpc) is 2.31. The molecule has 1 aromatic carbocycles. The van der Waals surface area contributed by atoms with Crippen molar-refractivity contribution in [1.29, 1.82) is 0 Å². The van der Waals surface area contributed by atoms with Gasteiger partial charge < -0.3 is 10.1 Å². The quantitative estimate of drug-likeness (QED) is 0.788. The van der Waals surface area contributed by atoms with Gasteiger partial charge in [0.25, 0.3) is 0 Å². The minimum atomic E-state index is -0.0749. The Morgan fingerprint density at radius 2 is 2.17 bits per heavy atom. The highest BCUT2D eigenvalue weighted by Gasteiger charge is 2.09. The van der Waals surface area contributed by atoms with Gasteiger partial charge in [0.1, 0.15) is 12.0 Å². The lowest BCUT2D eigenvalue weighted by molar-refractivity contribution is -0.116. The van der Waals surface area contributed by atoms with Gasteiger partial charge in [-0.15, -0.1) is 0 Å². The minimum absolute atomic E-state index is 0.00825. The van der Waals surface area contributed by atoms with Crippen LogP contribution in [0.5, 0.6) is 5.75 Å². The molecule has 0 radical (unpaired) electrons. The highest BCUT2D eigenvalue weighted by atomic mass is 16.5. The topological polar surface area (TPSA) is 55.4 Å². The number of nitrogens with one attached hydrogen (secondary N) is 1. The summed E-state index contributed by atoms with van der Waals surface area (Å²) in [5.74, 6) is 0.509. The van der Waals surface area contributed by atoms with E-state index in [0.717, 1.165) is 12.7 Å². The Balaban J connectivity index is 2.95. The Morgan fingerprint density at radius 1 is 1.44 bits per heavy atom. The number of amides is 1. The fraction of sp³-hybridized carbons (Fsp3) is 0.429. The molecule has 1 rings (SSSR count). The van der Waals surface area contributed by atoms with Gasteiger partial charge in [-0.2, -0.15) is 0 Å². The second kappa shape index (κ2) is 6.79. The van der Waals surface area contributed by atoms with Gasteiger partial charge in [0, 0.05) is 12.0 Å². The Hall–Kier alpha value is -1.84. The fourth-order valence-electron chi connectivity index (χ4n) is 1.52. The van der Waals surface area contributed by atoms with E-state index in [9.17, 15) is 9.59 Å². The zero-order valence-electron chi connectivity index (χ0n) is 11.0. The molecule has 0 aliphatic heterocycles. The molecular formula is C14H19NO3. The van der Waals surface area contributed by atoms with Crippen LogP contribution in [-0.4, -0.2) is 18.3 Å². The first-order valence-electron chi connectivity index (χ1n) is 6.12. The Kier molecular flexibility index (Phi) is 5.36. The van der Waals surface area contributed by atoms with Crippen LogP contribution in [0.4, 0.5) is 5.69 Å². The van der Waals surface area contributed by atoms with E-state index in [4.69, 9.17) is 4.74 Å². The summed E-state index contributed by atoms with van der Waals surface area (Å²) in [6.45, 7) is 5.75. The molecule has 0 aromatic heterocycles. The molecule has 0 aliphatic rings. The van der Waals surface area contributed by atoms with E-state index >= 15 is 0 Å². The van der Waals surface area contributed by atoms with Crippen LogP contribution in [0.15, 0.2) is 18.2 Å². The number of carbonyl (C=O) groups is 2. The third-order valence-corrected chi connectivity index (χ3v) is 2.25. The second-order valence-corrected chi connectivity index (χ2v) is 4.34. The maximum Gasteiger partial charge on any atom is 0.224 e. The van der Waals surface area contributed by atoms with Crippen molar-refractivity contribution < 1.29 is 14.3 Å². The lowest BCUT2D eigenvalue weighted by Gasteiger charge is -2.15. The number of ether oxygens (including phenoxy) is 1. The van der Waals surface area contributed by atoms with Gasteiger partial charge in [-0.05, 0) is 38.5 Å². The van der Waals surface area contributed by atoms with E-state index < -0.39 is 0 Å². The molecule has 98 valence electrons. The fourth-order valence-corrected chi connectivity index (χ4v) is 1.52. The van der Waals surface area contributed by atoms with Crippen LogP contribution in [0.2, 0.25) is 0 Å². The van der Waals surface area contributed by atoms with E-state index in [1.165, 1.54) is 0 Å². The summed E-state index contributed by atoms with van der Waals surface area (Å²) in [7, 11) is 0. The first-order chi connectivity index (χ1) is 8.56. The molecule has 0 saturated heterocycles. The van der Waals surface area contributed by atoms with E-state index in [-0.39, 0.29) is 12.0 Å². The van der Waals surface area contributed by atoms with Crippen molar-refractivity contribution in [3.8, 4) is 5.75 Å². The van der Waals surface area contributed by atoms with Crippen molar-refractivity contribution in [2.45, 2.75) is 39.7 Å². The third-order valence-electron chi connectivity index (χ3n) is 2.25. The number of hydrogen-bond donors (Lipinski definition) is 1. The normalized spacial score (nSPS) is 10.2. The number of carbonyl (C=O) groups excluding carboxylic acids is 2. The van der Waals surface area contributed by atoms with Crippen LogP contribution in [-0.2, 0) is 4.79 Å². The van der Waals surface area contributed by atoms with Crippen LogP contribution < -0.4 is 10.1 Å². The molecule has 0 atom stereocenters. The third kappa shape index (κ3) is 4.20. The molecule has 0 spiro atoms. The Labute approximate surface area is 107 Å². The predicted octanol–water partition coefficient (Wildman–Crippen LogP) is 3.02. The highest BCUT2D eigenvalue weighted by Crippen LogP contribution is 2.26. The molecule has 0 unspecified atom stereocenters. The summed E-state index contributed by atoms with van der Waals surface area (Å²) in [6, 6.07) is 4.99. The summed E-state index contributed by atoms with van der Waals surface area (Å²) in [5, 5.41) is 2.77. The van der Waals surface area contributed by atoms with Crippen LogP contribution in [0.1, 0.15) is 44.0 Å². The van der Waals surface area contributed by atoms with Crippen LogP contribution in [0, 0.1) is 0 Å². The van der Waals surface area contributed by atoms with Crippen LogP contribution in [0.3, 0.4) is 0 Å². The molecule has 1 N–H and O–H groups in total. The van der Waals surface area contributed by atoms with Crippen molar-refractivity contribution in [3.05, 3.63) is 23.8 Å². The molecule has 4 nitrogen and oxygen atoms in total. The zero-order chi connectivity index (χ0) is 13.5. The van der Waals surface area contributed by atoms with Crippen molar-refractivity contribution in [2.24, 2.45) is 0 Å². The van der Waals surface area contributed by atoms with E-state index in [2.05, 4.69) is 5.32 Å². The molecule has 0 saturated carbocycles. The molecule has 0 fully saturated rings. The Bertz CT molecular complexity index is 427. The second-order valence-electron chi connectivity index (χ2n) is 4.34. The summed E-state index contributed by atoms with van der Waals surface area (Å²) >= 11 is 0. The Morgan fingerprint density at radius 3 is 2.72 bits per heavy atom. The van der Waals surface area contributed by atoms with Gasteiger partial charge in [-0.25, -0.2) is 0 Å².